The minimum atomic E-state index is -0.00769. The molecule has 0 aliphatic carbocycles. The van der Waals surface area contributed by atoms with E-state index < -0.39 is 0 Å². The zero-order valence-corrected chi connectivity index (χ0v) is 16.6. The summed E-state index contributed by atoms with van der Waals surface area (Å²) in [6.07, 6.45) is 0.365. The summed E-state index contributed by atoms with van der Waals surface area (Å²) in [4.78, 5) is 16.1. The Morgan fingerprint density at radius 1 is 0.893 bits per heavy atom. The molecule has 0 heterocycles. The van der Waals surface area contributed by atoms with Gasteiger partial charge in [-0.3, -0.25) is 9.79 Å². The Balaban J connectivity index is 1.72. The fraction of sp³-hybridized carbons (Fsp3) is 0.333. The number of rotatable bonds is 9. The summed E-state index contributed by atoms with van der Waals surface area (Å²) in [6.45, 7) is 1.60. The molecular weight excluding hydrogens is 356 g/mol. The van der Waals surface area contributed by atoms with Crippen molar-refractivity contribution >= 4 is 11.9 Å². The van der Waals surface area contributed by atoms with Gasteiger partial charge in [-0.1, -0.05) is 36.4 Å². The Hall–Kier alpha value is -3.22. The number of hydrogen-bond acceptors (Lipinski definition) is 4. The van der Waals surface area contributed by atoms with Gasteiger partial charge < -0.3 is 25.4 Å². The first kappa shape index (κ1) is 21.1. The fourth-order valence-electron chi connectivity index (χ4n) is 2.58. The Morgan fingerprint density at radius 3 is 2.29 bits per heavy atom. The molecule has 150 valence electrons. The molecule has 0 aliphatic rings. The standard InChI is InChI=1S/C21H28N4O3/c1-22-21(25-15-17-9-10-18(27-2)19(13-17)28-3)23-12-11-20(26)24-14-16-7-5-4-6-8-16/h4-10,13H,11-12,14-15H2,1-3H3,(H,24,26)(H2,22,23,25). The molecule has 0 fully saturated rings. The number of benzene rings is 2. The fourth-order valence-corrected chi connectivity index (χ4v) is 2.58. The van der Waals surface area contributed by atoms with Gasteiger partial charge in [0.25, 0.3) is 0 Å². The van der Waals surface area contributed by atoms with Crippen LogP contribution in [0.3, 0.4) is 0 Å². The first-order valence-corrected chi connectivity index (χ1v) is 9.12. The number of hydrogen-bond donors (Lipinski definition) is 3. The van der Waals surface area contributed by atoms with E-state index in [-0.39, 0.29) is 5.91 Å². The van der Waals surface area contributed by atoms with E-state index in [9.17, 15) is 4.79 Å². The van der Waals surface area contributed by atoms with Crippen molar-refractivity contribution in [2.45, 2.75) is 19.5 Å². The van der Waals surface area contributed by atoms with Crippen molar-refractivity contribution < 1.29 is 14.3 Å². The van der Waals surface area contributed by atoms with E-state index in [4.69, 9.17) is 9.47 Å². The van der Waals surface area contributed by atoms with E-state index in [2.05, 4.69) is 20.9 Å². The van der Waals surface area contributed by atoms with Crippen molar-refractivity contribution in [3.63, 3.8) is 0 Å². The number of carbonyl (C=O) groups is 1. The second-order valence-electron chi connectivity index (χ2n) is 6.05. The van der Waals surface area contributed by atoms with Crippen LogP contribution < -0.4 is 25.4 Å². The van der Waals surface area contributed by atoms with Crippen LogP contribution >= 0.6 is 0 Å². The van der Waals surface area contributed by atoms with Gasteiger partial charge >= 0.3 is 0 Å². The van der Waals surface area contributed by atoms with Crippen LogP contribution in [0.4, 0.5) is 0 Å². The largest absolute Gasteiger partial charge is 0.493 e. The number of nitrogens with zero attached hydrogens (tertiary/aromatic N) is 1. The molecule has 1 amide bonds. The van der Waals surface area contributed by atoms with Crippen molar-refractivity contribution in [2.24, 2.45) is 4.99 Å². The van der Waals surface area contributed by atoms with Gasteiger partial charge in [0, 0.05) is 33.1 Å². The Kier molecular flexibility index (Phi) is 8.65. The molecular formula is C21H28N4O3. The summed E-state index contributed by atoms with van der Waals surface area (Å²) in [5.74, 6) is 1.99. The summed E-state index contributed by atoms with van der Waals surface area (Å²) in [7, 11) is 4.91. The quantitative estimate of drug-likeness (QED) is 0.455. The molecule has 28 heavy (non-hydrogen) atoms. The highest BCUT2D eigenvalue weighted by Gasteiger charge is 2.06. The van der Waals surface area contributed by atoms with E-state index in [1.54, 1.807) is 21.3 Å². The van der Waals surface area contributed by atoms with E-state index in [1.165, 1.54) is 0 Å². The predicted molar refractivity (Wildman–Crippen MR) is 111 cm³/mol. The number of aliphatic imine (C=N–C) groups is 1. The van der Waals surface area contributed by atoms with Crippen LogP contribution in [-0.4, -0.2) is 39.7 Å². The molecule has 0 unspecified atom stereocenters. The van der Waals surface area contributed by atoms with Gasteiger partial charge in [-0.25, -0.2) is 0 Å². The van der Waals surface area contributed by atoms with Crippen molar-refractivity contribution in [3.05, 3.63) is 59.7 Å². The van der Waals surface area contributed by atoms with Crippen molar-refractivity contribution in [2.75, 3.05) is 27.8 Å². The lowest BCUT2D eigenvalue weighted by Crippen LogP contribution is -2.38. The molecule has 0 aromatic heterocycles. The molecule has 2 rings (SSSR count). The first-order valence-electron chi connectivity index (χ1n) is 9.12. The van der Waals surface area contributed by atoms with Crippen molar-refractivity contribution in [1.29, 1.82) is 0 Å². The highest BCUT2D eigenvalue weighted by Crippen LogP contribution is 2.27. The average Bonchev–Trinajstić information content (AvgIpc) is 2.75. The van der Waals surface area contributed by atoms with Crippen LogP contribution in [0.5, 0.6) is 11.5 Å². The topological polar surface area (TPSA) is 84.0 Å². The van der Waals surface area contributed by atoms with E-state index in [0.717, 1.165) is 11.1 Å². The van der Waals surface area contributed by atoms with Crippen LogP contribution in [0.15, 0.2) is 53.5 Å². The van der Waals surface area contributed by atoms with Crippen LogP contribution in [0.25, 0.3) is 0 Å². The zero-order chi connectivity index (χ0) is 20.2. The van der Waals surface area contributed by atoms with Crippen LogP contribution in [0, 0.1) is 0 Å². The minimum absolute atomic E-state index is 0.00769. The van der Waals surface area contributed by atoms with Gasteiger partial charge in [-0.05, 0) is 23.3 Å². The van der Waals surface area contributed by atoms with Gasteiger partial charge in [-0.15, -0.1) is 0 Å². The van der Waals surface area contributed by atoms with Gasteiger partial charge in [0.1, 0.15) is 0 Å². The van der Waals surface area contributed by atoms with E-state index in [0.29, 0.717) is 43.5 Å². The molecule has 3 N–H and O–H groups in total. The summed E-state index contributed by atoms with van der Waals surface area (Å²) in [6, 6.07) is 15.6. The molecule has 2 aromatic carbocycles. The lowest BCUT2D eigenvalue weighted by Gasteiger charge is -2.13. The third-order valence-electron chi connectivity index (χ3n) is 4.11. The number of methoxy groups -OCH3 is 2. The van der Waals surface area contributed by atoms with E-state index in [1.807, 2.05) is 48.5 Å². The molecule has 0 saturated heterocycles. The van der Waals surface area contributed by atoms with Gasteiger partial charge in [-0.2, -0.15) is 0 Å². The number of guanidine groups is 1. The monoisotopic (exact) mass is 384 g/mol. The van der Waals surface area contributed by atoms with E-state index >= 15 is 0 Å². The number of carbonyl (C=O) groups excluding carboxylic acids is 1. The molecule has 0 saturated carbocycles. The normalized spacial score (nSPS) is 10.9. The van der Waals surface area contributed by atoms with Crippen LogP contribution in [-0.2, 0) is 17.9 Å². The average molecular weight is 384 g/mol. The summed E-state index contributed by atoms with van der Waals surface area (Å²) >= 11 is 0. The lowest BCUT2D eigenvalue weighted by atomic mass is 10.2. The van der Waals surface area contributed by atoms with Gasteiger partial charge in [0.2, 0.25) is 5.91 Å². The number of amides is 1. The molecule has 0 radical (unpaired) electrons. The van der Waals surface area contributed by atoms with Crippen LogP contribution in [0.1, 0.15) is 17.5 Å². The Labute approximate surface area is 166 Å². The molecule has 7 heteroatoms. The second-order valence-corrected chi connectivity index (χ2v) is 6.05. The second kappa shape index (κ2) is 11.5. The molecule has 0 aliphatic heterocycles. The Morgan fingerprint density at radius 2 is 1.61 bits per heavy atom. The molecule has 2 aromatic rings. The zero-order valence-electron chi connectivity index (χ0n) is 16.6. The summed E-state index contributed by atoms with van der Waals surface area (Å²) in [5.41, 5.74) is 2.11. The highest BCUT2D eigenvalue weighted by atomic mass is 16.5. The predicted octanol–water partition coefficient (Wildman–Crippen LogP) is 2.08. The third kappa shape index (κ3) is 6.83. The lowest BCUT2D eigenvalue weighted by molar-refractivity contribution is -0.121. The molecule has 7 nitrogen and oxygen atoms in total. The number of nitrogens with one attached hydrogen (secondary N) is 3. The van der Waals surface area contributed by atoms with Crippen LogP contribution in [0.2, 0.25) is 0 Å². The molecule has 0 spiro atoms. The molecule has 0 bridgehead atoms. The summed E-state index contributed by atoms with van der Waals surface area (Å²) < 4.78 is 10.6. The molecule has 0 atom stereocenters. The maximum Gasteiger partial charge on any atom is 0.222 e. The summed E-state index contributed by atoms with van der Waals surface area (Å²) in [5, 5.41) is 9.27. The van der Waals surface area contributed by atoms with Gasteiger partial charge in [0.05, 0.1) is 14.2 Å². The number of ether oxygens (including phenoxy) is 2. The highest BCUT2D eigenvalue weighted by molar-refractivity contribution is 5.81. The van der Waals surface area contributed by atoms with Crippen molar-refractivity contribution in [3.8, 4) is 11.5 Å². The maximum absolute atomic E-state index is 12.0. The first-order chi connectivity index (χ1) is 13.7. The smallest absolute Gasteiger partial charge is 0.222 e. The van der Waals surface area contributed by atoms with Crippen molar-refractivity contribution in [1.82, 2.24) is 16.0 Å². The minimum Gasteiger partial charge on any atom is -0.493 e. The maximum atomic E-state index is 12.0. The SMILES string of the molecule is CN=C(NCCC(=O)NCc1ccccc1)NCc1ccc(OC)c(OC)c1. The van der Waals surface area contributed by atoms with Gasteiger partial charge in [0.15, 0.2) is 17.5 Å². The Bertz CT molecular complexity index is 778. The third-order valence-corrected chi connectivity index (χ3v) is 4.11.